The Bertz CT molecular complexity index is 416. The van der Waals surface area contributed by atoms with Crippen molar-refractivity contribution >= 4 is 0 Å². The summed E-state index contributed by atoms with van der Waals surface area (Å²) in [6, 6.07) is 9.91. The standard InChI is InChI=1S/C20H34N2/c1-5-17(4)20-8-6-19(7-9-20)15-22-12-10-18(11-13-22)14-21-16(2)3/h6-9,16-18,21H,5,10-15H2,1-4H3. The monoisotopic (exact) mass is 302 g/mol. The predicted octanol–water partition coefficient (Wildman–Crippen LogP) is 4.41. The summed E-state index contributed by atoms with van der Waals surface area (Å²) in [5.74, 6) is 1.55. The minimum atomic E-state index is 0.613. The van der Waals surface area contributed by atoms with Crippen molar-refractivity contribution in [3.63, 3.8) is 0 Å². The van der Waals surface area contributed by atoms with Crippen LogP contribution < -0.4 is 5.32 Å². The van der Waals surface area contributed by atoms with Crippen molar-refractivity contribution in [2.45, 2.75) is 65.5 Å². The minimum absolute atomic E-state index is 0.613. The van der Waals surface area contributed by atoms with Gasteiger partial charge in [0.25, 0.3) is 0 Å². The topological polar surface area (TPSA) is 15.3 Å². The minimum Gasteiger partial charge on any atom is -0.314 e. The van der Waals surface area contributed by atoms with Crippen LogP contribution in [0.2, 0.25) is 0 Å². The van der Waals surface area contributed by atoms with Gasteiger partial charge in [-0.05, 0) is 61.9 Å². The first-order valence-electron chi connectivity index (χ1n) is 9.13. The van der Waals surface area contributed by atoms with Gasteiger partial charge in [0.05, 0.1) is 0 Å². The third-order valence-electron chi connectivity index (χ3n) is 5.09. The number of benzene rings is 1. The maximum atomic E-state index is 3.58. The first kappa shape index (κ1) is 17.5. The second-order valence-corrected chi connectivity index (χ2v) is 7.33. The Labute approximate surface area is 137 Å². The molecule has 1 N–H and O–H groups in total. The van der Waals surface area contributed by atoms with Gasteiger partial charge in [-0.1, -0.05) is 52.0 Å². The molecule has 124 valence electrons. The second kappa shape index (κ2) is 8.69. The van der Waals surface area contributed by atoms with E-state index < -0.39 is 0 Å². The van der Waals surface area contributed by atoms with E-state index in [9.17, 15) is 0 Å². The lowest BCUT2D eigenvalue weighted by molar-refractivity contribution is 0.174. The number of hydrogen-bond acceptors (Lipinski definition) is 2. The van der Waals surface area contributed by atoms with Crippen molar-refractivity contribution in [2.24, 2.45) is 5.92 Å². The fourth-order valence-electron chi connectivity index (χ4n) is 3.20. The molecular weight excluding hydrogens is 268 g/mol. The number of rotatable bonds is 7. The molecule has 0 aliphatic carbocycles. The highest BCUT2D eigenvalue weighted by atomic mass is 15.1. The highest BCUT2D eigenvalue weighted by Gasteiger charge is 2.19. The SMILES string of the molecule is CCC(C)c1ccc(CN2CCC(CNC(C)C)CC2)cc1. The zero-order chi connectivity index (χ0) is 15.9. The molecule has 1 atom stereocenters. The number of hydrogen-bond donors (Lipinski definition) is 1. The van der Waals surface area contributed by atoms with E-state index in [4.69, 9.17) is 0 Å². The van der Waals surface area contributed by atoms with E-state index in [0.29, 0.717) is 12.0 Å². The van der Waals surface area contributed by atoms with Crippen molar-refractivity contribution < 1.29 is 0 Å². The van der Waals surface area contributed by atoms with E-state index in [1.54, 1.807) is 0 Å². The van der Waals surface area contributed by atoms with Gasteiger partial charge in [0.1, 0.15) is 0 Å². The molecule has 0 radical (unpaired) electrons. The summed E-state index contributed by atoms with van der Waals surface area (Å²) in [5.41, 5.74) is 2.94. The highest BCUT2D eigenvalue weighted by Crippen LogP contribution is 2.21. The van der Waals surface area contributed by atoms with Gasteiger partial charge in [-0.25, -0.2) is 0 Å². The molecule has 2 rings (SSSR count). The van der Waals surface area contributed by atoms with Crippen molar-refractivity contribution in [3.05, 3.63) is 35.4 Å². The summed E-state index contributed by atoms with van der Waals surface area (Å²) < 4.78 is 0. The molecule has 1 aliphatic rings. The molecule has 2 nitrogen and oxygen atoms in total. The number of likely N-dealkylation sites (tertiary alicyclic amines) is 1. The molecule has 0 aromatic heterocycles. The Morgan fingerprint density at radius 3 is 2.27 bits per heavy atom. The van der Waals surface area contributed by atoms with E-state index in [1.807, 2.05) is 0 Å². The molecule has 1 heterocycles. The van der Waals surface area contributed by atoms with Crippen molar-refractivity contribution in [1.82, 2.24) is 10.2 Å². The maximum absolute atomic E-state index is 3.58. The number of piperidine rings is 1. The maximum Gasteiger partial charge on any atom is 0.0233 e. The largest absolute Gasteiger partial charge is 0.314 e. The lowest BCUT2D eigenvalue weighted by Gasteiger charge is -2.32. The Kier molecular flexibility index (Phi) is 6.91. The van der Waals surface area contributed by atoms with Crippen molar-refractivity contribution in [2.75, 3.05) is 19.6 Å². The second-order valence-electron chi connectivity index (χ2n) is 7.33. The van der Waals surface area contributed by atoms with Crippen LogP contribution in [0.25, 0.3) is 0 Å². The molecule has 0 bridgehead atoms. The van der Waals surface area contributed by atoms with Crippen LogP contribution in [-0.4, -0.2) is 30.6 Å². The van der Waals surface area contributed by atoms with Gasteiger partial charge in [-0.2, -0.15) is 0 Å². The van der Waals surface area contributed by atoms with E-state index >= 15 is 0 Å². The zero-order valence-corrected chi connectivity index (χ0v) is 14.9. The summed E-state index contributed by atoms with van der Waals surface area (Å²) in [5, 5.41) is 3.58. The van der Waals surface area contributed by atoms with E-state index in [1.165, 1.54) is 50.0 Å². The van der Waals surface area contributed by atoms with Gasteiger partial charge in [0, 0.05) is 12.6 Å². The highest BCUT2D eigenvalue weighted by molar-refractivity contribution is 5.25. The van der Waals surface area contributed by atoms with Crippen LogP contribution in [0.3, 0.4) is 0 Å². The van der Waals surface area contributed by atoms with Crippen LogP contribution in [0.15, 0.2) is 24.3 Å². The summed E-state index contributed by atoms with van der Waals surface area (Å²) in [4.78, 5) is 2.62. The summed E-state index contributed by atoms with van der Waals surface area (Å²) >= 11 is 0. The van der Waals surface area contributed by atoms with E-state index in [0.717, 1.165) is 12.5 Å². The molecule has 0 amide bonds. The van der Waals surface area contributed by atoms with Gasteiger partial charge < -0.3 is 5.32 Å². The van der Waals surface area contributed by atoms with Gasteiger partial charge in [0.15, 0.2) is 0 Å². The molecule has 0 saturated carbocycles. The first-order chi connectivity index (χ1) is 10.6. The summed E-state index contributed by atoms with van der Waals surface area (Å²) in [7, 11) is 0. The third-order valence-corrected chi connectivity index (χ3v) is 5.09. The lowest BCUT2D eigenvalue weighted by Crippen LogP contribution is -2.38. The van der Waals surface area contributed by atoms with Gasteiger partial charge in [0.2, 0.25) is 0 Å². The molecule has 2 heteroatoms. The van der Waals surface area contributed by atoms with E-state index in [2.05, 4.69) is 62.2 Å². The van der Waals surface area contributed by atoms with Crippen LogP contribution >= 0.6 is 0 Å². The van der Waals surface area contributed by atoms with Crippen LogP contribution in [-0.2, 0) is 6.54 Å². The number of nitrogens with one attached hydrogen (secondary N) is 1. The molecule has 1 fully saturated rings. The smallest absolute Gasteiger partial charge is 0.0233 e. The fraction of sp³-hybridized carbons (Fsp3) is 0.700. The Morgan fingerprint density at radius 1 is 1.09 bits per heavy atom. The molecule has 1 aromatic carbocycles. The molecule has 1 aliphatic heterocycles. The normalized spacial score (nSPS) is 18.8. The molecule has 1 unspecified atom stereocenters. The average Bonchev–Trinajstić information content (AvgIpc) is 2.54. The third kappa shape index (κ3) is 5.40. The average molecular weight is 303 g/mol. The van der Waals surface area contributed by atoms with Crippen LogP contribution in [0.1, 0.15) is 64.0 Å². The Morgan fingerprint density at radius 2 is 1.73 bits per heavy atom. The summed E-state index contributed by atoms with van der Waals surface area (Å²) in [6.45, 7) is 13.8. The molecule has 0 spiro atoms. The predicted molar refractivity (Wildman–Crippen MR) is 96.3 cm³/mol. The molecule has 1 saturated heterocycles. The van der Waals surface area contributed by atoms with Crippen LogP contribution in [0.4, 0.5) is 0 Å². The van der Waals surface area contributed by atoms with Crippen LogP contribution in [0.5, 0.6) is 0 Å². The lowest BCUT2D eigenvalue weighted by atomic mass is 9.95. The van der Waals surface area contributed by atoms with Gasteiger partial charge in [-0.3, -0.25) is 4.90 Å². The molecular formula is C20H34N2. The number of nitrogens with zero attached hydrogens (tertiary/aromatic N) is 1. The Hall–Kier alpha value is -0.860. The fourth-order valence-corrected chi connectivity index (χ4v) is 3.20. The first-order valence-corrected chi connectivity index (χ1v) is 9.13. The van der Waals surface area contributed by atoms with Crippen LogP contribution in [0, 0.1) is 5.92 Å². The van der Waals surface area contributed by atoms with E-state index in [-0.39, 0.29) is 0 Å². The van der Waals surface area contributed by atoms with Crippen molar-refractivity contribution in [3.8, 4) is 0 Å². The molecule has 1 aromatic rings. The zero-order valence-electron chi connectivity index (χ0n) is 14.9. The van der Waals surface area contributed by atoms with Crippen molar-refractivity contribution in [1.29, 1.82) is 0 Å². The summed E-state index contributed by atoms with van der Waals surface area (Å²) in [6.07, 6.45) is 3.90. The molecule has 22 heavy (non-hydrogen) atoms. The quantitative estimate of drug-likeness (QED) is 0.802. The Balaban J connectivity index is 1.76. The van der Waals surface area contributed by atoms with Gasteiger partial charge >= 0.3 is 0 Å². The van der Waals surface area contributed by atoms with Gasteiger partial charge in [-0.15, -0.1) is 0 Å².